The molecule has 0 aliphatic carbocycles. The maximum absolute atomic E-state index is 13.1. The lowest BCUT2D eigenvalue weighted by molar-refractivity contribution is -0.122. The molecule has 1 saturated heterocycles. The van der Waals surface area contributed by atoms with Crippen LogP contribution in [0.15, 0.2) is 35.9 Å². The lowest BCUT2D eigenvalue weighted by Crippen LogP contribution is -2.54. The molecule has 1 aliphatic heterocycles. The van der Waals surface area contributed by atoms with Crippen molar-refractivity contribution >= 4 is 64.4 Å². The molecule has 0 radical (unpaired) electrons. The number of benzene rings is 2. The molecule has 4 amide bonds. The molecule has 168 valence electrons. The second-order valence-electron chi connectivity index (χ2n) is 6.67. The molecule has 0 spiro atoms. The van der Waals surface area contributed by atoms with Crippen molar-refractivity contribution in [1.29, 1.82) is 0 Å². The van der Waals surface area contributed by atoms with Crippen LogP contribution < -0.4 is 19.7 Å². The van der Waals surface area contributed by atoms with Crippen LogP contribution in [0.3, 0.4) is 0 Å². The number of carbonyl (C=O) groups excluding carboxylic acids is 3. The van der Waals surface area contributed by atoms with Crippen molar-refractivity contribution in [2.45, 2.75) is 20.3 Å². The summed E-state index contributed by atoms with van der Waals surface area (Å²) in [7, 11) is 0. The SMILES string of the molecule is CCCOc1c(Cl)cc(/C=C2\C(=O)NC(=O)N(c3ccc(Cl)c(Cl)c3)C2=O)cc1OCC. The number of nitrogens with zero attached hydrogens (tertiary/aromatic N) is 1. The van der Waals surface area contributed by atoms with Crippen LogP contribution >= 0.6 is 34.8 Å². The summed E-state index contributed by atoms with van der Waals surface area (Å²) in [5, 5.41) is 2.83. The first-order valence-corrected chi connectivity index (χ1v) is 10.9. The number of rotatable bonds is 7. The topological polar surface area (TPSA) is 84.9 Å². The summed E-state index contributed by atoms with van der Waals surface area (Å²) in [6.45, 7) is 4.57. The standard InChI is InChI=1S/C22H19Cl3N2O5/c1-3-7-32-19-17(25)9-12(10-18(19)31-4-2)8-14-20(28)26-22(30)27(21(14)29)13-5-6-15(23)16(24)11-13/h5-6,8-11H,3-4,7H2,1-2H3,(H,26,28,30)/b14-8+. The molecule has 32 heavy (non-hydrogen) atoms. The molecule has 0 atom stereocenters. The van der Waals surface area contributed by atoms with E-state index in [-0.39, 0.29) is 26.3 Å². The Kier molecular flexibility index (Phi) is 7.66. The first-order chi connectivity index (χ1) is 15.3. The number of ether oxygens (including phenoxy) is 2. The highest BCUT2D eigenvalue weighted by Gasteiger charge is 2.37. The van der Waals surface area contributed by atoms with Crippen LogP contribution in [0.1, 0.15) is 25.8 Å². The van der Waals surface area contributed by atoms with Crippen molar-refractivity contribution in [1.82, 2.24) is 5.32 Å². The van der Waals surface area contributed by atoms with Gasteiger partial charge in [0, 0.05) is 0 Å². The van der Waals surface area contributed by atoms with Crippen LogP contribution in [0.5, 0.6) is 11.5 Å². The Hall–Kier alpha value is -2.74. The van der Waals surface area contributed by atoms with Crippen molar-refractivity contribution in [3.63, 3.8) is 0 Å². The van der Waals surface area contributed by atoms with Gasteiger partial charge in [-0.05, 0) is 55.3 Å². The maximum Gasteiger partial charge on any atom is 0.335 e. The van der Waals surface area contributed by atoms with Gasteiger partial charge in [0.1, 0.15) is 5.57 Å². The zero-order chi connectivity index (χ0) is 23.4. The Morgan fingerprint density at radius 1 is 0.969 bits per heavy atom. The molecular formula is C22H19Cl3N2O5. The van der Waals surface area contributed by atoms with Gasteiger partial charge in [0.2, 0.25) is 0 Å². The van der Waals surface area contributed by atoms with E-state index in [9.17, 15) is 14.4 Å². The third-order valence-corrected chi connectivity index (χ3v) is 5.38. The number of halogens is 3. The van der Waals surface area contributed by atoms with E-state index in [4.69, 9.17) is 44.3 Å². The van der Waals surface area contributed by atoms with E-state index in [1.807, 2.05) is 13.8 Å². The van der Waals surface area contributed by atoms with Gasteiger partial charge in [-0.2, -0.15) is 0 Å². The second kappa shape index (κ2) is 10.3. The number of hydrogen-bond acceptors (Lipinski definition) is 5. The van der Waals surface area contributed by atoms with Gasteiger partial charge in [0.25, 0.3) is 11.8 Å². The van der Waals surface area contributed by atoms with Crippen molar-refractivity contribution in [2.75, 3.05) is 18.1 Å². The monoisotopic (exact) mass is 496 g/mol. The second-order valence-corrected chi connectivity index (χ2v) is 7.89. The average Bonchev–Trinajstić information content (AvgIpc) is 2.73. The zero-order valence-electron chi connectivity index (χ0n) is 17.2. The molecule has 0 unspecified atom stereocenters. The number of amides is 4. The molecule has 1 fully saturated rings. The number of barbiturate groups is 1. The quantitative estimate of drug-likeness (QED) is 0.403. The molecule has 1 heterocycles. The third-order valence-electron chi connectivity index (χ3n) is 4.36. The zero-order valence-corrected chi connectivity index (χ0v) is 19.5. The van der Waals surface area contributed by atoms with Crippen molar-refractivity contribution in [2.24, 2.45) is 0 Å². The van der Waals surface area contributed by atoms with Gasteiger partial charge in [0.15, 0.2) is 11.5 Å². The van der Waals surface area contributed by atoms with Crippen molar-refractivity contribution < 1.29 is 23.9 Å². The number of carbonyl (C=O) groups is 3. The van der Waals surface area contributed by atoms with Gasteiger partial charge in [0.05, 0.1) is 34.0 Å². The van der Waals surface area contributed by atoms with E-state index in [1.54, 1.807) is 12.1 Å². The molecule has 0 saturated carbocycles. The van der Waals surface area contributed by atoms with E-state index in [0.717, 1.165) is 11.3 Å². The molecule has 1 aliphatic rings. The van der Waals surface area contributed by atoms with Crippen LogP contribution in [0.4, 0.5) is 10.5 Å². The smallest absolute Gasteiger partial charge is 0.335 e. The summed E-state index contributed by atoms with van der Waals surface area (Å²) in [6.07, 6.45) is 2.10. The van der Waals surface area contributed by atoms with Gasteiger partial charge in [-0.3, -0.25) is 14.9 Å². The van der Waals surface area contributed by atoms with E-state index in [2.05, 4.69) is 5.32 Å². The normalized spacial score (nSPS) is 15.2. The fraction of sp³-hybridized carbons (Fsp3) is 0.227. The molecule has 1 N–H and O–H groups in total. The Morgan fingerprint density at radius 3 is 2.38 bits per heavy atom. The lowest BCUT2D eigenvalue weighted by Gasteiger charge is -2.26. The minimum atomic E-state index is -0.896. The summed E-state index contributed by atoms with van der Waals surface area (Å²) >= 11 is 18.3. The summed E-state index contributed by atoms with van der Waals surface area (Å²) in [5.74, 6) is -0.903. The summed E-state index contributed by atoms with van der Waals surface area (Å²) in [4.78, 5) is 38.7. The van der Waals surface area contributed by atoms with E-state index in [0.29, 0.717) is 30.3 Å². The van der Waals surface area contributed by atoms with Crippen molar-refractivity contribution in [3.8, 4) is 11.5 Å². The number of nitrogens with one attached hydrogen (secondary N) is 1. The molecule has 0 aromatic heterocycles. The fourth-order valence-corrected chi connectivity index (χ4v) is 3.53. The van der Waals surface area contributed by atoms with E-state index >= 15 is 0 Å². The molecule has 0 bridgehead atoms. The minimum Gasteiger partial charge on any atom is -0.490 e. The predicted octanol–water partition coefficient (Wildman–Crippen LogP) is 5.50. The number of urea groups is 1. The van der Waals surface area contributed by atoms with Gasteiger partial charge < -0.3 is 9.47 Å². The van der Waals surface area contributed by atoms with Crippen LogP contribution in [0, 0.1) is 0 Å². The van der Waals surface area contributed by atoms with E-state index < -0.39 is 17.8 Å². The first kappa shape index (κ1) is 23.9. The molecule has 2 aromatic rings. The summed E-state index contributed by atoms with van der Waals surface area (Å²) in [5.41, 5.74) is 0.317. The van der Waals surface area contributed by atoms with Crippen LogP contribution in [-0.2, 0) is 9.59 Å². The molecule has 7 nitrogen and oxygen atoms in total. The highest BCUT2D eigenvalue weighted by Crippen LogP contribution is 2.38. The number of imide groups is 2. The minimum absolute atomic E-state index is 0.156. The average molecular weight is 498 g/mol. The lowest BCUT2D eigenvalue weighted by atomic mass is 10.1. The van der Waals surface area contributed by atoms with Gasteiger partial charge >= 0.3 is 6.03 Å². The maximum atomic E-state index is 13.1. The molecule has 3 rings (SSSR count). The summed E-state index contributed by atoms with van der Waals surface area (Å²) in [6, 6.07) is 6.51. The summed E-state index contributed by atoms with van der Waals surface area (Å²) < 4.78 is 11.3. The molecular weight excluding hydrogens is 479 g/mol. The molecule has 2 aromatic carbocycles. The van der Waals surface area contributed by atoms with Gasteiger partial charge in [-0.25, -0.2) is 9.69 Å². The Bertz CT molecular complexity index is 1120. The molecule has 10 heteroatoms. The fourth-order valence-electron chi connectivity index (χ4n) is 2.96. The van der Waals surface area contributed by atoms with Gasteiger partial charge in [-0.1, -0.05) is 41.7 Å². The highest BCUT2D eigenvalue weighted by molar-refractivity contribution is 6.43. The van der Waals surface area contributed by atoms with Crippen LogP contribution in [0.2, 0.25) is 15.1 Å². The largest absolute Gasteiger partial charge is 0.490 e. The third kappa shape index (κ3) is 5.01. The van der Waals surface area contributed by atoms with Gasteiger partial charge in [-0.15, -0.1) is 0 Å². The number of hydrogen-bond donors (Lipinski definition) is 1. The van der Waals surface area contributed by atoms with E-state index in [1.165, 1.54) is 24.3 Å². The Balaban J connectivity index is 2.02. The Labute approximate surface area is 199 Å². The predicted molar refractivity (Wildman–Crippen MR) is 124 cm³/mol. The van der Waals surface area contributed by atoms with Crippen LogP contribution in [-0.4, -0.2) is 31.1 Å². The highest BCUT2D eigenvalue weighted by atomic mass is 35.5. The Morgan fingerprint density at radius 2 is 1.72 bits per heavy atom. The van der Waals surface area contributed by atoms with Crippen molar-refractivity contribution in [3.05, 3.63) is 56.5 Å². The first-order valence-electron chi connectivity index (χ1n) is 9.72. The van der Waals surface area contributed by atoms with Crippen LogP contribution in [0.25, 0.3) is 6.08 Å². The number of anilines is 1.